The molecule has 0 aliphatic heterocycles. The van der Waals surface area contributed by atoms with E-state index in [0.717, 1.165) is 23.1 Å². The summed E-state index contributed by atoms with van der Waals surface area (Å²) in [6, 6.07) is 4.30. The molecule has 0 saturated heterocycles. The van der Waals surface area contributed by atoms with E-state index in [0.29, 0.717) is 5.75 Å². The quantitative estimate of drug-likeness (QED) is 0.318. The average molecular weight is 415 g/mol. The number of benzene rings is 1. The minimum atomic E-state index is -0.0818. The highest BCUT2D eigenvalue weighted by molar-refractivity contribution is 5.63. The Balaban J connectivity index is 2.44. The Morgan fingerprint density at radius 3 is 1.67 bits per heavy atom. The molecule has 1 N–H and O–H groups in total. The molecule has 0 amide bonds. The third kappa shape index (κ3) is 9.71. The summed E-state index contributed by atoms with van der Waals surface area (Å²) in [5.74, 6) is 0.479. The van der Waals surface area contributed by atoms with Gasteiger partial charge >= 0.3 is 0 Å². The molecule has 0 atom stereocenters. The molecule has 1 rings (SSSR count). The maximum atomic E-state index is 11.0. The summed E-state index contributed by atoms with van der Waals surface area (Å²) < 4.78 is 0. The van der Waals surface area contributed by atoms with Gasteiger partial charge in [-0.25, -0.2) is 0 Å². The number of aromatic hydroxyl groups is 1. The van der Waals surface area contributed by atoms with Gasteiger partial charge in [0, 0.05) is 5.56 Å². The molecule has 0 saturated carbocycles. The van der Waals surface area contributed by atoms with Gasteiger partial charge in [0.05, 0.1) is 0 Å². The average Bonchev–Trinajstić information content (AvgIpc) is 2.63. The van der Waals surface area contributed by atoms with Crippen molar-refractivity contribution >= 4 is 6.08 Å². The first kappa shape index (κ1) is 26.8. The zero-order valence-electron chi connectivity index (χ0n) is 21.2. The van der Waals surface area contributed by atoms with Crippen LogP contribution in [0.3, 0.4) is 0 Å². The Kier molecular flexibility index (Phi) is 11.8. The van der Waals surface area contributed by atoms with Crippen LogP contribution in [0.2, 0.25) is 0 Å². The molecule has 0 aliphatic carbocycles. The topological polar surface area (TPSA) is 20.2 Å². The lowest BCUT2D eigenvalue weighted by Gasteiger charge is -2.28. The predicted octanol–water partition coefficient (Wildman–Crippen LogP) is 9.70. The molecule has 0 spiro atoms. The second-order valence-corrected chi connectivity index (χ2v) is 11.2. The highest BCUT2D eigenvalue weighted by atomic mass is 16.3. The number of allylic oxidation sites excluding steroid dienone is 1. The van der Waals surface area contributed by atoms with Crippen molar-refractivity contribution in [3.05, 3.63) is 34.9 Å². The minimum Gasteiger partial charge on any atom is -0.507 e. The summed E-state index contributed by atoms with van der Waals surface area (Å²) >= 11 is 0. The zero-order chi connectivity index (χ0) is 22.6. The zero-order valence-corrected chi connectivity index (χ0v) is 21.2. The van der Waals surface area contributed by atoms with Crippen molar-refractivity contribution in [2.75, 3.05) is 0 Å². The van der Waals surface area contributed by atoms with Gasteiger partial charge < -0.3 is 5.11 Å². The Morgan fingerprint density at radius 2 is 1.20 bits per heavy atom. The molecule has 172 valence electrons. The molecular formula is C29H50O. The summed E-state index contributed by atoms with van der Waals surface area (Å²) in [5, 5.41) is 11.0. The molecule has 0 bridgehead atoms. The fourth-order valence-corrected chi connectivity index (χ4v) is 4.28. The summed E-state index contributed by atoms with van der Waals surface area (Å²) in [7, 11) is 0. The summed E-state index contributed by atoms with van der Waals surface area (Å²) in [4.78, 5) is 0. The molecule has 0 aromatic heterocycles. The van der Waals surface area contributed by atoms with Gasteiger partial charge in [-0.05, 0) is 34.8 Å². The first-order valence-electron chi connectivity index (χ1n) is 12.6. The number of phenols is 1. The van der Waals surface area contributed by atoms with E-state index in [1.807, 2.05) is 0 Å². The number of unbranched alkanes of at least 4 members (excludes halogenated alkanes) is 11. The van der Waals surface area contributed by atoms with Crippen molar-refractivity contribution in [3.8, 4) is 5.75 Å². The van der Waals surface area contributed by atoms with Gasteiger partial charge in [0.25, 0.3) is 0 Å². The summed E-state index contributed by atoms with van der Waals surface area (Å²) in [5.41, 5.74) is 3.14. The highest BCUT2D eigenvalue weighted by Gasteiger charge is 2.27. The van der Waals surface area contributed by atoms with Gasteiger partial charge in [0.2, 0.25) is 0 Å². The van der Waals surface area contributed by atoms with Crippen molar-refractivity contribution in [3.63, 3.8) is 0 Å². The lowest BCUT2D eigenvalue weighted by molar-refractivity contribution is 0.423. The van der Waals surface area contributed by atoms with Gasteiger partial charge in [-0.3, -0.25) is 0 Å². The van der Waals surface area contributed by atoms with Crippen molar-refractivity contribution < 1.29 is 5.11 Å². The van der Waals surface area contributed by atoms with Crippen LogP contribution in [0.25, 0.3) is 6.08 Å². The lowest BCUT2D eigenvalue weighted by Crippen LogP contribution is -2.18. The number of hydrogen-bond donors (Lipinski definition) is 1. The van der Waals surface area contributed by atoms with Gasteiger partial charge in [-0.2, -0.15) is 0 Å². The molecule has 0 unspecified atom stereocenters. The Hall–Kier alpha value is -1.24. The summed E-state index contributed by atoms with van der Waals surface area (Å²) in [6.07, 6.45) is 20.9. The molecular weight excluding hydrogens is 364 g/mol. The smallest absolute Gasteiger partial charge is 0.123 e. The maximum absolute atomic E-state index is 11.0. The van der Waals surface area contributed by atoms with E-state index in [2.05, 4.69) is 72.8 Å². The van der Waals surface area contributed by atoms with Crippen LogP contribution in [0.4, 0.5) is 0 Å². The van der Waals surface area contributed by atoms with E-state index in [1.54, 1.807) is 0 Å². The van der Waals surface area contributed by atoms with E-state index in [4.69, 9.17) is 0 Å². The van der Waals surface area contributed by atoms with E-state index in [9.17, 15) is 5.11 Å². The monoisotopic (exact) mass is 414 g/mol. The second kappa shape index (κ2) is 13.2. The molecule has 1 aromatic rings. The van der Waals surface area contributed by atoms with Gasteiger partial charge in [0.1, 0.15) is 5.75 Å². The molecule has 1 heteroatoms. The van der Waals surface area contributed by atoms with Crippen LogP contribution in [0.15, 0.2) is 18.2 Å². The van der Waals surface area contributed by atoms with Crippen LogP contribution in [0, 0.1) is 0 Å². The number of hydrogen-bond acceptors (Lipinski definition) is 1. The highest BCUT2D eigenvalue weighted by Crippen LogP contribution is 2.41. The molecule has 0 fully saturated rings. The summed E-state index contributed by atoms with van der Waals surface area (Å²) in [6.45, 7) is 15.3. The van der Waals surface area contributed by atoms with E-state index in [1.165, 1.54) is 70.6 Å². The second-order valence-electron chi connectivity index (χ2n) is 11.2. The third-order valence-corrected chi connectivity index (χ3v) is 6.04. The van der Waals surface area contributed by atoms with Crippen LogP contribution in [-0.4, -0.2) is 5.11 Å². The van der Waals surface area contributed by atoms with Crippen molar-refractivity contribution in [1.29, 1.82) is 0 Å². The van der Waals surface area contributed by atoms with Gasteiger partial charge in [-0.1, -0.05) is 137 Å². The predicted molar refractivity (Wildman–Crippen MR) is 136 cm³/mol. The van der Waals surface area contributed by atoms with E-state index < -0.39 is 0 Å². The van der Waals surface area contributed by atoms with Crippen LogP contribution in [0.5, 0.6) is 5.75 Å². The van der Waals surface area contributed by atoms with Crippen molar-refractivity contribution in [1.82, 2.24) is 0 Å². The van der Waals surface area contributed by atoms with Crippen molar-refractivity contribution in [2.24, 2.45) is 0 Å². The maximum Gasteiger partial charge on any atom is 0.123 e. The molecule has 0 radical (unpaired) electrons. The molecule has 0 aliphatic rings. The van der Waals surface area contributed by atoms with Crippen LogP contribution in [0.1, 0.15) is 142 Å². The third-order valence-electron chi connectivity index (χ3n) is 6.04. The Morgan fingerprint density at radius 1 is 0.700 bits per heavy atom. The van der Waals surface area contributed by atoms with Crippen LogP contribution in [-0.2, 0) is 10.8 Å². The standard InChI is InChI=1S/C29H50O/c1-8-9-10-11-12-13-14-15-16-17-18-19-20-21-24-22-23-25(28(2,3)4)27(30)26(24)29(5,6)7/h20-23,30H,8-19H2,1-7H3. The fourth-order valence-electron chi connectivity index (χ4n) is 4.28. The Bertz CT molecular complexity index is 625. The van der Waals surface area contributed by atoms with Gasteiger partial charge in [-0.15, -0.1) is 0 Å². The molecule has 30 heavy (non-hydrogen) atoms. The number of phenolic OH excluding ortho intramolecular Hbond substituents is 1. The first-order valence-corrected chi connectivity index (χ1v) is 12.6. The van der Waals surface area contributed by atoms with E-state index in [-0.39, 0.29) is 10.8 Å². The van der Waals surface area contributed by atoms with Crippen LogP contribution < -0.4 is 0 Å². The normalized spacial score (nSPS) is 12.8. The minimum absolute atomic E-state index is 0.0537. The fraction of sp³-hybridized carbons (Fsp3) is 0.724. The first-order chi connectivity index (χ1) is 14.1. The number of rotatable bonds is 13. The largest absolute Gasteiger partial charge is 0.507 e. The molecule has 0 heterocycles. The van der Waals surface area contributed by atoms with Crippen LogP contribution >= 0.6 is 0 Å². The SMILES string of the molecule is CCCCCCCCCCCCCC=Cc1ccc(C(C)(C)C)c(O)c1C(C)(C)C. The Labute approximate surface area is 188 Å². The lowest BCUT2D eigenvalue weighted by atomic mass is 9.77. The van der Waals surface area contributed by atoms with Gasteiger partial charge in [0.15, 0.2) is 0 Å². The molecule has 1 nitrogen and oxygen atoms in total. The van der Waals surface area contributed by atoms with E-state index >= 15 is 0 Å². The van der Waals surface area contributed by atoms with Crippen molar-refractivity contribution in [2.45, 2.75) is 136 Å². The molecule has 1 aromatic carbocycles.